The van der Waals surface area contributed by atoms with E-state index in [4.69, 9.17) is 14.6 Å². The van der Waals surface area contributed by atoms with Crippen LogP contribution in [0.4, 0.5) is 0 Å². The maximum atomic E-state index is 11.7. The van der Waals surface area contributed by atoms with Gasteiger partial charge in [-0.25, -0.2) is 4.79 Å². The third-order valence-electron chi connectivity index (χ3n) is 3.24. The summed E-state index contributed by atoms with van der Waals surface area (Å²) in [6, 6.07) is 8.93. The molecule has 0 radical (unpaired) electrons. The van der Waals surface area contributed by atoms with Crippen molar-refractivity contribution in [3.8, 4) is 0 Å². The first-order valence-electron chi connectivity index (χ1n) is 7.20. The van der Waals surface area contributed by atoms with Crippen LogP contribution in [0.25, 0.3) is 6.08 Å². The van der Waals surface area contributed by atoms with Crippen LogP contribution in [0.1, 0.15) is 5.56 Å². The van der Waals surface area contributed by atoms with E-state index in [9.17, 15) is 25.2 Å². The molecule has 0 fully saturated rings. The summed E-state index contributed by atoms with van der Waals surface area (Å²) in [6.45, 7) is -0.817. The second kappa shape index (κ2) is 10.1. The molecule has 8 nitrogen and oxygen atoms in total. The number of carbonyl (C=O) groups is 1. The Bertz CT molecular complexity index is 518. The average molecular weight is 342 g/mol. The topological polar surface area (TPSA) is 137 Å². The molecule has 8 heteroatoms. The van der Waals surface area contributed by atoms with Gasteiger partial charge in [0.1, 0.15) is 24.4 Å². The average Bonchev–Trinajstić information content (AvgIpc) is 2.62. The molecule has 5 atom stereocenters. The molecule has 0 aliphatic rings. The molecule has 0 spiro atoms. The highest BCUT2D eigenvalue weighted by Crippen LogP contribution is 2.12. The molecule has 0 saturated heterocycles. The predicted molar refractivity (Wildman–Crippen MR) is 83.5 cm³/mol. The van der Waals surface area contributed by atoms with Crippen molar-refractivity contribution in [1.82, 2.24) is 0 Å². The van der Waals surface area contributed by atoms with Gasteiger partial charge in [-0.3, -0.25) is 0 Å². The maximum Gasteiger partial charge on any atom is 0.333 e. The Labute approximate surface area is 139 Å². The Morgan fingerprint density at radius 3 is 2.25 bits per heavy atom. The molecule has 0 aliphatic heterocycles. The highest BCUT2D eigenvalue weighted by Gasteiger charge is 2.36. The van der Waals surface area contributed by atoms with Crippen molar-refractivity contribution in [2.24, 2.45) is 0 Å². The minimum absolute atomic E-state index is 0.755. The summed E-state index contributed by atoms with van der Waals surface area (Å²) in [7, 11) is 1.13. The lowest BCUT2D eigenvalue weighted by Gasteiger charge is -2.29. The van der Waals surface area contributed by atoms with E-state index in [0.29, 0.717) is 0 Å². The van der Waals surface area contributed by atoms with Gasteiger partial charge in [0.2, 0.25) is 6.29 Å². The molecule has 24 heavy (non-hydrogen) atoms. The largest absolute Gasteiger partial charge is 0.430 e. The van der Waals surface area contributed by atoms with Crippen molar-refractivity contribution < 1.29 is 39.8 Å². The minimum Gasteiger partial charge on any atom is -0.430 e. The molecular weight excluding hydrogens is 320 g/mol. The molecule has 0 amide bonds. The molecule has 134 valence electrons. The summed E-state index contributed by atoms with van der Waals surface area (Å²) in [5, 5.41) is 47.2. The van der Waals surface area contributed by atoms with Crippen LogP contribution in [0.15, 0.2) is 36.4 Å². The number of aliphatic hydroxyl groups excluding tert-OH is 5. The van der Waals surface area contributed by atoms with Crippen molar-refractivity contribution >= 4 is 12.0 Å². The van der Waals surface area contributed by atoms with Gasteiger partial charge in [-0.2, -0.15) is 0 Å². The van der Waals surface area contributed by atoms with Gasteiger partial charge in [-0.1, -0.05) is 30.3 Å². The third kappa shape index (κ3) is 6.00. The van der Waals surface area contributed by atoms with E-state index in [1.807, 2.05) is 6.07 Å². The molecule has 1 unspecified atom stereocenters. The summed E-state index contributed by atoms with van der Waals surface area (Å²) in [6.07, 6.45) is -6.22. The monoisotopic (exact) mass is 342 g/mol. The van der Waals surface area contributed by atoms with Crippen molar-refractivity contribution in [2.75, 3.05) is 13.7 Å². The normalized spacial score (nSPS) is 17.9. The fourth-order valence-electron chi connectivity index (χ4n) is 1.84. The molecule has 0 aliphatic carbocycles. The van der Waals surface area contributed by atoms with E-state index in [-0.39, 0.29) is 0 Å². The summed E-state index contributed by atoms with van der Waals surface area (Å²) in [5.74, 6) is -0.839. The summed E-state index contributed by atoms with van der Waals surface area (Å²) in [5.41, 5.74) is 0.755. The highest BCUT2D eigenvalue weighted by molar-refractivity contribution is 5.87. The van der Waals surface area contributed by atoms with Crippen LogP contribution < -0.4 is 0 Å². The van der Waals surface area contributed by atoms with Gasteiger partial charge in [0.05, 0.1) is 6.61 Å². The van der Waals surface area contributed by atoms with Gasteiger partial charge in [0.25, 0.3) is 0 Å². The summed E-state index contributed by atoms with van der Waals surface area (Å²) in [4.78, 5) is 11.7. The molecule has 0 aromatic heterocycles. The van der Waals surface area contributed by atoms with Crippen LogP contribution in [0.5, 0.6) is 0 Å². The number of carbonyl (C=O) groups excluding carboxylic acids is 1. The molecule has 1 aromatic carbocycles. The van der Waals surface area contributed by atoms with Gasteiger partial charge < -0.3 is 35.0 Å². The fraction of sp³-hybridized carbons (Fsp3) is 0.438. The van der Waals surface area contributed by atoms with Gasteiger partial charge in [0, 0.05) is 13.2 Å². The van der Waals surface area contributed by atoms with Crippen LogP contribution in [0, 0.1) is 0 Å². The molecule has 0 bridgehead atoms. The van der Waals surface area contributed by atoms with Crippen LogP contribution in [-0.4, -0.2) is 75.9 Å². The van der Waals surface area contributed by atoms with Gasteiger partial charge >= 0.3 is 5.97 Å². The van der Waals surface area contributed by atoms with E-state index < -0.39 is 43.3 Å². The zero-order valence-corrected chi connectivity index (χ0v) is 13.1. The Morgan fingerprint density at radius 1 is 1.08 bits per heavy atom. The number of hydrogen-bond donors (Lipinski definition) is 5. The van der Waals surface area contributed by atoms with E-state index in [1.165, 1.54) is 6.08 Å². The number of hydrogen-bond acceptors (Lipinski definition) is 8. The van der Waals surface area contributed by atoms with Crippen molar-refractivity contribution in [3.05, 3.63) is 42.0 Å². The Morgan fingerprint density at radius 2 is 1.71 bits per heavy atom. The van der Waals surface area contributed by atoms with Crippen LogP contribution in [0.2, 0.25) is 0 Å². The lowest BCUT2D eigenvalue weighted by molar-refractivity contribution is -0.219. The SMILES string of the molecule is COC(OC(=O)C=Cc1ccccc1)[C@H](O)[C@@H](O)[C@H](O)[C@H](O)CO. The van der Waals surface area contributed by atoms with Crippen LogP contribution >= 0.6 is 0 Å². The fourth-order valence-corrected chi connectivity index (χ4v) is 1.84. The minimum atomic E-state index is -1.90. The summed E-state index contributed by atoms with van der Waals surface area (Å²) < 4.78 is 9.63. The third-order valence-corrected chi connectivity index (χ3v) is 3.24. The molecular formula is C16H22O8. The highest BCUT2D eigenvalue weighted by atomic mass is 16.7. The van der Waals surface area contributed by atoms with Gasteiger partial charge in [-0.15, -0.1) is 0 Å². The quantitative estimate of drug-likeness (QED) is 0.211. The number of benzene rings is 1. The number of ether oxygens (including phenoxy) is 2. The second-order valence-electron chi connectivity index (χ2n) is 5.01. The van der Waals surface area contributed by atoms with Crippen LogP contribution in [-0.2, 0) is 14.3 Å². The first-order chi connectivity index (χ1) is 11.4. The van der Waals surface area contributed by atoms with E-state index in [1.54, 1.807) is 24.3 Å². The maximum absolute atomic E-state index is 11.7. The predicted octanol–water partition coefficient (Wildman–Crippen LogP) is -1.35. The van der Waals surface area contributed by atoms with E-state index >= 15 is 0 Å². The zero-order chi connectivity index (χ0) is 18.1. The first-order valence-corrected chi connectivity index (χ1v) is 7.20. The lowest BCUT2D eigenvalue weighted by Crippen LogP contribution is -2.51. The molecule has 0 heterocycles. The smallest absolute Gasteiger partial charge is 0.333 e. The van der Waals surface area contributed by atoms with Crippen molar-refractivity contribution in [1.29, 1.82) is 0 Å². The zero-order valence-electron chi connectivity index (χ0n) is 13.1. The van der Waals surface area contributed by atoms with E-state index in [0.717, 1.165) is 18.7 Å². The number of rotatable bonds is 9. The van der Waals surface area contributed by atoms with Gasteiger partial charge in [-0.05, 0) is 11.6 Å². The number of methoxy groups -OCH3 is 1. The Hall–Kier alpha value is -1.81. The standard InChI is InChI=1S/C16H22O8/c1-23-16(15(22)14(21)13(20)11(18)9-17)24-12(19)8-7-10-5-3-2-4-6-10/h2-8,11,13-18,20-22H,9H2,1H3/t11-,13-,14+,15-,16?/m1/s1. The number of aliphatic hydroxyl groups is 5. The van der Waals surface area contributed by atoms with Crippen molar-refractivity contribution in [2.45, 2.75) is 30.7 Å². The Kier molecular flexibility index (Phi) is 8.55. The summed E-state index contributed by atoms with van der Waals surface area (Å²) >= 11 is 0. The van der Waals surface area contributed by atoms with Gasteiger partial charge in [0.15, 0.2) is 0 Å². The van der Waals surface area contributed by atoms with Crippen molar-refractivity contribution in [3.63, 3.8) is 0 Å². The molecule has 1 aromatic rings. The number of esters is 1. The molecule has 5 N–H and O–H groups in total. The van der Waals surface area contributed by atoms with E-state index in [2.05, 4.69) is 0 Å². The Balaban J connectivity index is 2.65. The first kappa shape index (κ1) is 20.2. The molecule has 1 rings (SSSR count). The van der Waals surface area contributed by atoms with Crippen LogP contribution in [0.3, 0.4) is 0 Å². The lowest BCUT2D eigenvalue weighted by atomic mass is 10.0. The second-order valence-corrected chi connectivity index (χ2v) is 5.01. The molecule has 0 saturated carbocycles.